The summed E-state index contributed by atoms with van der Waals surface area (Å²) in [4.78, 5) is 36.7. The van der Waals surface area contributed by atoms with Crippen LogP contribution >= 0.6 is 0 Å². The van der Waals surface area contributed by atoms with Crippen LogP contribution < -0.4 is 0 Å². The molecule has 103 heavy (non-hydrogen) atoms. The molecule has 0 bridgehead atoms. The molecule has 564 valence electrons. The Morgan fingerprint density at radius 1 is 0.408 bits per heavy atom. The molecule has 9 nitrogen and oxygen atoms in total. The molecule has 0 amide bonds. The molecule has 0 saturated heterocycles. The lowest BCUT2D eigenvalue weighted by Gasteiger charge is -2.31. The summed E-state index contributed by atoms with van der Waals surface area (Å²) < 4.78 is 21.1. The van der Waals surface area contributed by atoms with E-state index in [4.69, 9.17) is 18.9 Å². The standard InChI is InChI=1S/C42H46.C19H30NO2.C14H22.C10H21NO2.C9H18O3/c1-3-34(36-21-11-5-12-22-36)30-41(38-25-15-7-16-26-38)32-42(39-27-17-8-18-28-39)31-40(37-23-13-6-14-24-37)29-33(2)35-19-9-4-10-20-35;1-7-16-9-11-17(12-10-16)15-20(5,6)13-14-22-18(21)19(3,4)8-2;1-5-11(3)13-7-9-14(10-8-13)12(4)6-2;1-6-10(2,3)9(12)13-8-7-11(4)5;1-5-9(2,3)8(10)12-7-6-11-4/h4-28,33-34,40-42H,3,29-32H2,1-2H3;7,9-12H,1,8,13-15H2,2-6H3;7-12H,5-6H2,1-4H3;6-8H2,1-5H3;5-7H2,1-4H3/q;+1;;;. The van der Waals surface area contributed by atoms with Gasteiger partial charge in [0, 0.05) is 19.2 Å². The first kappa shape index (κ1) is 89.8. The number of quaternary nitrogens is 1. The number of likely N-dealkylation sites (N-methyl/N-ethyl adjacent to an activating group) is 2. The summed E-state index contributed by atoms with van der Waals surface area (Å²) in [5.41, 5.74) is 11.6. The SMILES string of the molecule is C=Cc1ccc(C[N+](C)(C)CCOC(=O)C(C)(C)CC)cc1.CCC(C)(C)C(=O)OCCN(C)C.CCC(C)(C)C(=O)OCCOC.CCC(C)c1ccc(C(C)CC)cc1.CCC(CC(CC(CC(CC(C)c1ccccc1)c1ccccc1)c1ccccc1)c1ccccc1)c1ccccc1. The van der Waals surface area contributed by atoms with Gasteiger partial charge in [-0.05, 0) is 206 Å². The normalized spacial score (nSPS) is 13.5. The van der Waals surface area contributed by atoms with Gasteiger partial charge in [-0.25, -0.2) is 0 Å². The predicted octanol–water partition coefficient (Wildman–Crippen LogP) is 23.6. The molecule has 0 saturated carbocycles. The lowest BCUT2D eigenvalue weighted by Crippen LogP contribution is -2.42. The molecule has 7 aromatic rings. The van der Waals surface area contributed by atoms with E-state index in [1.54, 1.807) is 7.11 Å². The minimum absolute atomic E-state index is 0.100. The molecule has 0 radical (unpaired) electrons. The first-order chi connectivity index (χ1) is 49.0. The fraction of sp³-hybridized carbons (Fsp3) is 0.500. The van der Waals surface area contributed by atoms with Gasteiger partial charge in [0.2, 0.25) is 0 Å². The van der Waals surface area contributed by atoms with E-state index in [2.05, 4.69) is 262 Å². The van der Waals surface area contributed by atoms with E-state index in [1.165, 1.54) is 63.8 Å². The maximum absolute atomic E-state index is 12.0. The van der Waals surface area contributed by atoms with Crippen molar-refractivity contribution in [3.05, 3.63) is 257 Å². The molecule has 0 aliphatic carbocycles. The number of nitrogens with zero attached hydrogens (tertiary/aromatic N) is 2. The van der Waals surface area contributed by atoms with Gasteiger partial charge in [-0.1, -0.05) is 275 Å². The zero-order valence-electron chi connectivity index (χ0n) is 67.7. The van der Waals surface area contributed by atoms with Crippen LogP contribution in [0.15, 0.2) is 207 Å². The third-order valence-electron chi connectivity index (χ3n) is 20.9. The molecule has 0 aromatic heterocycles. The molecule has 7 atom stereocenters. The van der Waals surface area contributed by atoms with E-state index in [0.29, 0.717) is 67.9 Å². The summed E-state index contributed by atoms with van der Waals surface area (Å²) in [5.74, 6) is 3.53. The van der Waals surface area contributed by atoms with E-state index in [9.17, 15) is 14.4 Å². The summed E-state index contributed by atoms with van der Waals surface area (Å²) in [5, 5.41) is 0. The molecule has 7 unspecified atom stereocenters. The largest absolute Gasteiger partial charge is 0.464 e. The number of hydrogen-bond donors (Lipinski definition) is 0. The lowest BCUT2D eigenvalue weighted by molar-refractivity contribution is -0.903. The molecule has 0 aliphatic rings. The van der Waals surface area contributed by atoms with Crippen LogP contribution in [0.1, 0.15) is 260 Å². The average molecular weight is 1410 g/mol. The molecule has 0 N–H and O–H groups in total. The molecule has 7 rings (SSSR count). The molecule has 9 heteroatoms. The number of hydrogen-bond acceptors (Lipinski definition) is 8. The van der Waals surface area contributed by atoms with Gasteiger partial charge in [0.25, 0.3) is 0 Å². The highest BCUT2D eigenvalue weighted by molar-refractivity contribution is 5.76. The fourth-order valence-corrected chi connectivity index (χ4v) is 11.8. The predicted molar refractivity (Wildman–Crippen MR) is 437 cm³/mol. The summed E-state index contributed by atoms with van der Waals surface area (Å²) in [7, 11) is 9.80. The Morgan fingerprint density at radius 2 is 0.728 bits per heavy atom. The Balaban J connectivity index is 0.000000377. The van der Waals surface area contributed by atoms with Gasteiger partial charge in [0.15, 0.2) is 0 Å². The Hall–Kier alpha value is -7.43. The number of methoxy groups -OCH3 is 1. The molecular formula is C94H137N2O7+. The molecule has 0 fully saturated rings. The minimum atomic E-state index is -0.391. The van der Waals surface area contributed by atoms with Crippen LogP contribution in [0.5, 0.6) is 0 Å². The van der Waals surface area contributed by atoms with Crippen molar-refractivity contribution in [3.63, 3.8) is 0 Å². The van der Waals surface area contributed by atoms with E-state index >= 15 is 0 Å². The molecular weight excluding hydrogens is 1270 g/mol. The van der Waals surface area contributed by atoms with Crippen molar-refractivity contribution >= 4 is 24.0 Å². The second kappa shape index (κ2) is 47.8. The van der Waals surface area contributed by atoms with Gasteiger partial charge in [-0.15, -0.1) is 0 Å². The monoisotopic (exact) mass is 1410 g/mol. The summed E-state index contributed by atoms with van der Waals surface area (Å²) in [6.07, 6.45) is 12.5. The van der Waals surface area contributed by atoms with Crippen molar-refractivity contribution in [1.82, 2.24) is 4.90 Å². The Morgan fingerprint density at radius 3 is 1.06 bits per heavy atom. The van der Waals surface area contributed by atoms with Crippen LogP contribution in [0, 0.1) is 16.2 Å². The van der Waals surface area contributed by atoms with Crippen molar-refractivity contribution in [3.8, 4) is 0 Å². The van der Waals surface area contributed by atoms with Crippen LogP contribution in [-0.2, 0) is 39.9 Å². The third-order valence-corrected chi connectivity index (χ3v) is 20.9. The van der Waals surface area contributed by atoms with E-state index < -0.39 is 5.41 Å². The van der Waals surface area contributed by atoms with E-state index in [-0.39, 0.29) is 28.7 Å². The van der Waals surface area contributed by atoms with Crippen molar-refractivity contribution < 1.29 is 37.8 Å². The highest BCUT2D eigenvalue weighted by Crippen LogP contribution is 2.44. The van der Waals surface area contributed by atoms with Crippen LogP contribution in [0.3, 0.4) is 0 Å². The van der Waals surface area contributed by atoms with Gasteiger partial charge >= 0.3 is 17.9 Å². The number of carbonyl (C=O) groups excluding carboxylic acids is 3. The second-order valence-corrected chi connectivity index (χ2v) is 31.1. The van der Waals surface area contributed by atoms with Crippen molar-refractivity contribution in [1.29, 1.82) is 0 Å². The Labute approximate surface area is 627 Å². The quantitative estimate of drug-likeness (QED) is 0.0166. The van der Waals surface area contributed by atoms with Crippen LogP contribution in [0.25, 0.3) is 6.08 Å². The first-order valence-electron chi connectivity index (χ1n) is 38.6. The van der Waals surface area contributed by atoms with E-state index in [0.717, 1.165) is 74.6 Å². The van der Waals surface area contributed by atoms with Gasteiger partial charge in [0.1, 0.15) is 32.9 Å². The molecule has 0 heterocycles. The third kappa shape index (κ3) is 33.9. The number of rotatable bonds is 36. The van der Waals surface area contributed by atoms with Crippen LogP contribution in [-0.4, -0.2) is 102 Å². The topological polar surface area (TPSA) is 91.4 Å². The van der Waals surface area contributed by atoms with Crippen molar-refractivity contribution in [2.24, 2.45) is 16.2 Å². The number of esters is 3. The average Bonchev–Trinajstić information content (AvgIpc) is 0.830. The number of carbonyl (C=O) groups is 3. The van der Waals surface area contributed by atoms with E-state index in [1.807, 2.05) is 87.4 Å². The molecule has 7 aromatic carbocycles. The van der Waals surface area contributed by atoms with Crippen LogP contribution in [0.4, 0.5) is 0 Å². The maximum Gasteiger partial charge on any atom is 0.311 e. The summed E-state index contributed by atoms with van der Waals surface area (Å²) in [6, 6.07) is 73.7. The smallest absolute Gasteiger partial charge is 0.311 e. The van der Waals surface area contributed by atoms with Crippen molar-refractivity contribution in [2.45, 2.75) is 216 Å². The highest BCUT2D eigenvalue weighted by atomic mass is 16.6. The fourth-order valence-electron chi connectivity index (χ4n) is 11.8. The van der Waals surface area contributed by atoms with Gasteiger partial charge in [0.05, 0.1) is 36.9 Å². The van der Waals surface area contributed by atoms with Gasteiger partial charge < -0.3 is 28.3 Å². The Bertz CT molecular complexity index is 3340. The van der Waals surface area contributed by atoms with Crippen molar-refractivity contribution in [2.75, 3.05) is 74.8 Å². The second-order valence-electron chi connectivity index (χ2n) is 31.1. The zero-order chi connectivity index (χ0) is 76.4. The minimum Gasteiger partial charge on any atom is -0.464 e. The number of benzene rings is 7. The van der Waals surface area contributed by atoms with Gasteiger partial charge in [-0.3, -0.25) is 14.4 Å². The molecule has 0 spiro atoms. The highest BCUT2D eigenvalue weighted by Gasteiger charge is 2.31. The van der Waals surface area contributed by atoms with Crippen LogP contribution in [0.2, 0.25) is 0 Å². The lowest BCUT2D eigenvalue weighted by atomic mass is 9.73. The number of ether oxygens (including phenoxy) is 4. The summed E-state index contributed by atoms with van der Waals surface area (Å²) >= 11 is 0. The Kier molecular flexibility index (Phi) is 41.7. The molecule has 0 aliphatic heterocycles. The summed E-state index contributed by atoms with van der Waals surface area (Å²) in [6.45, 7) is 39.2. The first-order valence-corrected chi connectivity index (χ1v) is 38.6. The maximum atomic E-state index is 12.0. The zero-order valence-corrected chi connectivity index (χ0v) is 67.7. The van der Waals surface area contributed by atoms with Gasteiger partial charge in [-0.2, -0.15) is 0 Å².